The van der Waals surface area contributed by atoms with Crippen LogP contribution >= 0.6 is 15.9 Å². The molecule has 4 atom stereocenters. The maximum absolute atomic E-state index is 14.6. The van der Waals surface area contributed by atoms with Crippen LogP contribution in [-0.2, 0) is 4.74 Å². The zero-order valence-electron chi connectivity index (χ0n) is 13.6. The molecule has 1 fully saturated rings. The van der Waals surface area contributed by atoms with Crippen LogP contribution in [0.5, 0.6) is 0 Å². The summed E-state index contributed by atoms with van der Waals surface area (Å²) < 4.78 is 21.8. The van der Waals surface area contributed by atoms with E-state index in [0.29, 0.717) is 11.6 Å². The Morgan fingerprint density at radius 1 is 1.21 bits per heavy atom. The Labute approximate surface area is 150 Å². The van der Waals surface area contributed by atoms with Crippen molar-refractivity contribution in [2.24, 2.45) is 5.92 Å². The lowest BCUT2D eigenvalue weighted by Gasteiger charge is -2.45. The zero-order valence-corrected chi connectivity index (χ0v) is 15.2. The molecule has 2 aliphatic rings. The Bertz CT molecular complexity index is 736. The van der Waals surface area contributed by atoms with Crippen LogP contribution in [-0.4, -0.2) is 6.10 Å². The summed E-state index contributed by atoms with van der Waals surface area (Å²) in [6.07, 6.45) is 3.35. The number of nitrogens with one attached hydrogen (secondary N) is 1. The van der Waals surface area contributed by atoms with E-state index in [1.807, 2.05) is 24.3 Å². The van der Waals surface area contributed by atoms with Gasteiger partial charge in [-0.1, -0.05) is 53.2 Å². The van der Waals surface area contributed by atoms with Crippen LogP contribution in [0.15, 0.2) is 46.9 Å². The van der Waals surface area contributed by atoms with Crippen molar-refractivity contribution in [1.82, 2.24) is 0 Å². The fourth-order valence-corrected chi connectivity index (χ4v) is 4.52. The molecule has 0 amide bonds. The van der Waals surface area contributed by atoms with Crippen LogP contribution in [0.3, 0.4) is 0 Å². The van der Waals surface area contributed by atoms with Crippen LogP contribution in [0.1, 0.15) is 49.5 Å². The molecule has 2 nitrogen and oxygen atoms in total. The van der Waals surface area contributed by atoms with Crippen molar-refractivity contribution in [2.45, 2.75) is 44.4 Å². The van der Waals surface area contributed by atoms with Crippen molar-refractivity contribution in [3.05, 3.63) is 63.9 Å². The molecular weight excluding hydrogens is 369 g/mol. The van der Waals surface area contributed by atoms with Gasteiger partial charge in [-0.15, -0.1) is 0 Å². The van der Waals surface area contributed by atoms with Gasteiger partial charge in [-0.05, 0) is 37.0 Å². The normalized spacial score (nSPS) is 28.6. The Balaban J connectivity index is 1.80. The van der Waals surface area contributed by atoms with Crippen molar-refractivity contribution in [3.63, 3.8) is 0 Å². The monoisotopic (exact) mass is 389 g/mol. The highest BCUT2D eigenvalue weighted by Crippen LogP contribution is 2.51. The number of benzene rings is 2. The van der Waals surface area contributed by atoms with Crippen molar-refractivity contribution >= 4 is 21.6 Å². The predicted molar refractivity (Wildman–Crippen MR) is 97.5 cm³/mol. The number of hydrogen-bond donors (Lipinski definition) is 1. The zero-order chi connectivity index (χ0) is 16.7. The maximum Gasteiger partial charge on any atom is 0.147 e. The third kappa shape index (κ3) is 2.76. The van der Waals surface area contributed by atoms with Gasteiger partial charge < -0.3 is 10.1 Å². The smallest absolute Gasteiger partial charge is 0.147 e. The minimum atomic E-state index is -0.221. The van der Waals surface area contributed by atoms with Gasteiger partial charge in [0, 0.05) is 16.0 Å². The molecular formula is C20H21BrFNO. The van der Waals surface area contributed by atoms with Crippen LogP contribution < -0.4 is 5.32 Å². The van der Waals surface area contributed by atoms with E-state index in [9.17, 15) is 4.39 Å². The van der Waals surface area contributed by atoms with E-state index in [0.717, 1.165) is 29.3 Å². The van der Waals surface area contributed by atoms with Gasteiger partial charge in [0.15, 0.2) is 0 Å². The van der Waals surface area contributed by atoms with Crippen LogP contribution in [0.25, 0.3) is 0 Å². The molecule has 1 unspecified atom stereocenters. The van der Waals surface area contributed by atoms with Gasteiger partial charge in [-0.3, -0.25) is 0 Å². The van der Waals surface area contributed by atoms with E-state index in [-0.39, 0.29) is 24.1 Å². The van der Waals surface area contributed by atoms with Crippen LogP contribution in [0, 0.1) is 11.7 Å². The molecule has 2 aromatic carbocycles. The molecule has 4 rings (SSSR count). The number of fused-ring (bicyclic) bond motifs is 3. The Morgan fingerprint density at radius 3 is 2.75 bits per heavy atom. The van der Waals surface area contributed by atoms with Gasteiger partial charge >= 0.3 is 0 Å². The van der Waals surface area contributed by atoms with Crippen molar-refractivity contribution in [3.8, 4) is 0 Å². The predicted octanol–water partition coefficient (Wildman–Crippen LogP) is 6.00. The Morgan fingerprint density at radius 2 is 2.00 bits per heavy atom. The number of rotatable bonds is 2. The molecule has 0 saturated carbocycles. The van der Waals surface area contributed by atoms with Crippen molar-refractivity contribution in [1.29, 1.82) is 0 Å². The molecule has 0 aliphatic carbocycles. The number of hydrogen-bond acceptors (Lipinski definition) is 2. The van der Waals surface area contributed by atoms with E-state index < -0.39 is 0 Å². The van der Waals surface area contributed by atoms with Crippen LogP contribution in [0.2, 0.25) is 0 Å². The molecule has 0 aromatic heterocycles. The number of anilines is 1. The summed E-state index contributed by atoms with van der Waals surface area (Å²) in [7, 11) is 0. The van der Waals surface area contributed by atoms with E-state index in [2.05, 4.69) is 40.3 Å². The summed E-state index contributed by atoms with van der Waals surface area (Å²) in [5, 5.41) is 3.46. The first kappa shape index (κ1) is 16.1. The van der Waals surface area contributed by atoms with Gasteiger partial charge in [0.2, 0.25) is 0 Å². The quantitative estimate of drug-likeness (QED) is 0.679. The first-order chi connectivity index (χ1) is 11.7. The molecule has 1 saturated heterocycles. The van der Waals surface area contributed by atoms with Gasteiger partial charge in [-0.2, -0.15) is 0 Å². The van der Waals surface area contributed by atoms with Gasteiger partial charge in [-0.25, -0.2) is 4.39 Å². The summed E-state index contributed by atoms with van der Waals surface area (Å²) in [5.74, 6) is 0.0948. The third-order valence-electron chi connectivity index (χ3n) is 5.28. The molecule has 1 N–H and O–H groups in total. The van der Waals surface area contributed by atoms with Gasteiger partial charge in [0.1, 0.15) is 5.82 Å². The highest BCUT2D eigenvalue weighted by atomic mass is 79.9. The highest BCUT2D eigenvalue weighted by molar-refractivity contribution is 9.10. The SMILES string of the molecule is CC[C@H]1CC[C@@H]2C(O1)c1cc(Br)cc(F)c1N[C@H]2c1ccccc1. The minimum Gasteiger partial charge on any atom is -0.375 e. The van der Waals surface area contributed by atoms with E-state index in [1.54, 1.807) is 0 Å². The van der Waals surface area contributed by atoms with Crippen molar-refractivity contribution in [2.75, 3.05) is 5.32 Å². The molecule has 126 valence electrons. The van der Waals surface area contributed by atoms with Gasteiger partial charge in [0.25, 0.3) is 0 Å². The second kappa shape index (κ2) is 6.49. The fourth-order valence-electron chi connectivity index (χ4n) is 4.08. The molecule has 2 aliphatic heterocycles. The highest BCUT2D eigenvalue weighted by Gasteiger charge is 2.42. The summed E-state index contributed by atoms with van der Waals surface area (Å²) in [5.41, 5.74) is 2.72. The molecule has 24 heavy (non-hydrogen) atoms. The van der Waals surface area contributed by atoms with E-state index in [1.165, 1.54) is 11.6 Å². The Kier molecular flexibility index (Phi) is 4.35. The summed E-state index contributed by atoms with van der Waals surface area (Å²) in [6.45, 7) is 2.16. The average molecular weight is 390 g/mol. The molecule has 0 bridgehead atoms. The molecule has 0 spiro atoms. The summed E-state index contributed by atoms with van der Waals surface area (Å²) in [6, 6.07) is 13.9. The fraction of sp³-hybridized carbons (Fsp3) is 0.400. The topological polar surface area (TPSA) is 21.3 Å². The first-order valence-corrected chi connectivity index (χ1v) is 9.42. The number of halogens is 2. The lowest BCUT2D eigenvalue weighted by atomic mass is 9.76. The second-order valence-electron chi connectivity index (χ2n) is 6.71. The minimum absolute atomic E-state index is 0.0582. The van der Waals surface area contributed by atoms with E-state index in [4.69, 9.17) is 4.74 Å². The third-order valence-corrected chi connectivity index (χ3v) is 5.74. The standard InChI is InChI=1S/C20H21BrFNO/c1-2-14-8-9-15-18(12-6-4-3-5-7-12)23-19-16(20(15)24-14)10-13(21)11-17(19)22/h3-7,10-11,14-15,18,20,23H,2,8-9H2,1H3/t14-,15-,18-,20?/m0/s1. The number of ether oxygens (including phenoxy) is 1. The molecule has 2 aromatic rings. The Hall–Kier alpha value is -1.39. The maximum atomic E-state index is 14.6. The summed E-state index contributed by atoms with van der Waals surface area (Å²) >= 11 is 3.43. The average Bonchev–Trinajstić information content (AvgIpc) is 2.61. The first-order valence-electron chi connectivity index (χ1n) is 8.63. The lowest BCUT2D eigenvalue weighted by molar-refractivity contribution is -0.0942. The van der Waals surface area contributed by atoms with Crippen LogP contribution in [0.4, 0.5) is 10.1 Å². The molecule has 2 heterocycles. The lowest BCUT2D eigenvalue weighted by Crippen LogP contribution is -2.39. The molecule has 4 heteroatoms. The molecule has 0 radical (unpaired) electrons. The largest absolute Gasteiger partial charge is 0.375 e. The van der Waals surface area contributed by atoms with Crippen molar-refractivity contribution < 1.29 is 9.13 Å². The second-order valence-corrected chi connectivity index (χ2v) is 7.63. The van der Waals surface area contributed by atoms with E-state index >= 15 is 0 Å². The summed E-state index contributed by atoms with van der Waals surface area (Å²) in [4.78, 5) is 0. The van der Waals surface area contributed by atoms with Gasteiger partial charge in [0.05, 0.1) is 23.9 Å².